The fourth-order valence-electron chi connectivity index (χ4n) is 4.51. The summed E-state index contributed by atoms with van der Waals surface area (Å²) in [5, 5.41) is 0.712. The van der Waals surface area contributed by atoms with E-state index >= 15 is 0 Å². The lowest BCUT2D eigenvalue weighted by atomic mass is 9.88. The van der Waals surface area contributed by atoms with Crippen LogP contribution in [0.15, 0.2) is 103 Å². The summed E-state index contributed by atoms with van der Waals surface area (Å²) in [6.45, 7) is 4.11. The van der Waals surface area contributed by atoms with E-state index in [-0.39, 0.29) is 11.8 Å². The van der Waals surface area contributed by atoms with E-state index in [2.05, 4.69) is 56.3 Å². The molecule has 0 aliphatic heterocycles. The van der Waals surface area contributed by atoms with E-state index in [1.807, 2.05) is 65.6 Å². The summed E-state index contributed by atoms with van der Waals surface area (Å²) < 4.78 is 1.07. The molecule has 0 atom stereocenters. The Morgan fingerprint density at radius 1 is 0.765 bits per heavy atom. The number of thiazole rings is 1. The molecule has 5 aromatic rings. The quantitative estimate of drug-likeness (QED) is 0.258. The zero-order chi connectivity index (χ0) is 23.5. The number of anilines is 2. The van der Waals surface area contributed by atoms with Gasteiger partial charge in [0.2, 0.25) is 5.91 Å². The lowest BCUT2D eigenvalue weighted by molar-refractivity contribution is -0.118. The minimum Gasteiger partial charge on any atom is -0.274 e. The molecule has 0 N–H and O–H groups in total. The fraction of sp³-hybridized carbons (Fsp3) is 0.133. The minimum absolute atomic E-state index is 0.0363. The molecule has 0 bridgehead atoms. The monoisotopic (exact) mass is 462 g/mol. The van der Waals surface area contributed by atoms with Crippen LogP contribution in [-0.2, 0) is 4.79 Å². The summed E-state index contributed by atoms with van der Waals surface area (Å²) in [5.41, 5.74) is 6.22. The number of rotatable bonds is 6. The summed E-state index contributed by atoms with van der Waals surface area (Å²) in [6.07, 6.45) is 0.345. The van der Waals surface area contributed by atoms with Crippen LogP contribution >= 0.6 is 11.3 Å². The first-order valence-electron chi connectivity index (χ1n) is 11.5. The maximum atomic E-state index is 14.2. The first-order valence-corrected chi connectivity index (χ1v) is 12.3. The Balaban J connectivity index is 1.61. The van der Waals surface area contributed by atoms with Crippen molar-refractivity contribution < 1.29 is 4.79 Å². The Morgan fingerprint density at radius 3 is 1.91 bits per heavy atom. The zero-order valence-electron chi connectivity index (χ0n) is 19.3. The molecular formula is C30H26N2OS. The molecule has 34 heavy (non-hydrogen) atoms. The maximum absolute atomic E-state index is 14.2. The molecule has 1 amide bonds. The Labute approximate surface area is 204 Å². The van der Waals surface area contributed by atoms with E-state index in [9.17, 15) is 4.79 Å². The van der Waals surface area contributed by atoms with Gasteiger partial charge in [-0.3, -0.25) is 9.69 Å². The normalized spacial score (nSPS) is 11.1. The van der Waals surface area contributed by atoms with Crippen LogP contribution in [0.25, 0.3) is 10.2 Å². The second-order valence-electron chi connectivity index (χ2n) is 8.51. The first-order chi connectivity index (χ1) is 16.6. The molecule has 1 aromatic heterocycles. The average Bonchev–Trinajstić information content (AvgIpc) is 3.29. The molecule has 0 aliphatic carbocycles. The van der Waals surface area contributed by atoms with Gasteiger partial charge in [0.1, 0.15) is 0 Å². The van der Waals surface area contributed by atoms with E-state index in [0.717, 1.165) is 38.2 Å². The van der Waals surface area contributed by atoms with Gasteiger partial charge >= 0.3 is 0 Å². The number of nitrogens with zero attached hydrogens (tertiary/aromatic N) is 2. The van der Waals surface area contributed by atoms with Crippen LogP contribution in [0, 0.1) is 13.8 Å². The molecule has 4 aromatic carbocycles. The molecular weight excluding hydrogens is 436 g/mol. The van der Waals surface area contributed by atoms with Gasteiger partial charge in [0, 0.05) is 12.3 Å². The highest BCUT2D eigenvalue weighted by atomic mass is 32.1. The average molecular weight is 463 g/mol. The van der Waals surface area contributed by atoms with Gasteiger partial charge in [0.15, 0.2) is 5.13 Å². The standard InChI is InChI=1S/C30H26N2OS/c1-21-12-11-13-22(2)29(21)32(30-31-26-18-9-10-19-27(26)34-30)28(33)20-25(23-14-5-3-6-15-23)24-16-7-4-8-17-24/h3-19,25H,20H2,1-2H3. The fourth-order valence-corrected chi connectivity index (χ4v) is 5.50. The smallest absolute Gasteiger partial charge is 0.234 e. The van der Waals surface area contributed by atoms with Crippen molar-refractivity contribution in [2.75, 3.05) is 4.90 Å². The minimum atomic E-state index is -0.0453. The third-order valence-corrected chi connectivity index (χ3v) is 7.19. The van der Waals surface area contributed by atoms with Crippen LogP contribution < -0.4 is 4.90 Å². The third-order valence-electron chi connectivity index (χ3n) is 6.17. The van der Waals surface area contributed by atoms with Crippen LogP contribution in [0.5, 0.6) is 0 Å². The number of hydrogen-bond acceptors (Lipinski definition) is 3. The Kier molecular flexibility index (Phi) is 6.24. The maximum Gasteiger partial charge on any atom is 0.234 e. The van der Waals surface area contributed by atoms with Crippen LogP contribution in [0.3, 0.4) is 0 Å². The molecule has 0 saturated carbocycles. The highest BCUT2D eigenvalue weighted by Gasteiger charge is 2.28. The van der Waals surface area contributed by atoms with Crippen molar-refractivity contribution in [3.8, 4) is 0 Å². The van der Waals surface area contributed by atoms with E-state index in [0.29, 0.717) is 11.6 Å². The molecule has 168 valence electrons. The Hall–Kier alpha value is -3.76. The molecule has 0 fully saturated rings. The predicted molar refractivity (Wildman–Crippen MR) is 142 cm³/mol. The highest BCUT2D eigenvalue weighted by molar-refractivity contribution is 7.22. The number of benzene rings is 4. The van der Waals surface area contributed by atoms with Crippen molar-refractivity contribution in [1.82, 2.24) is 4.98 Å². The number of carbonyl (C=O) groups excluding carboxylic acids is 1. The molecule has 0 spiro atoms. The third kappa shape index (κ3) is 4.37. The van der Waals surface area contributed by atoms with Gasteiger partial charge < -0.3 is 0 Å². The van der Waals surface area contributed by atoms with Crippen molar-refractivity contribution in [2.24, 2.45) is 0 Å². The number of para-hydroxylation sites is 2. The van der Waals surface area contributed by atoms with Crippen molar-refractivity contribution in [3.05, 3.63) is 125 Å². The topological polar surface area (TPSA) is 33.2 Å². The van der Waals surface area contributed by atoms with Gasteiger partial charge in [-0.15, -0.1) is 0 Å². The van der Waals surface area contributed by atoms with Gasteiger partial charge in [-0.25, -0.2) is 4.98 Å². The van der Waals surface area contributed by atoms with Gasteiger partial charge in [-0.1, -0.05) is 102 Å². The van der Waals surface area contributed by atoms with E-state index in [4.69, 9.17) is 4.98 Å². The van der Waals surface area contributed by atoms with Crippen LogP contribution in [0.1, 0.15) is 34.6 Å². The highest BCUT2D eigenvalue weighted by Crippen LogP contribution is 2.39. The second kappa shape index (κ2) is 9.62. The number of carbonyl (C=O) groups is 1. The van der Waals surface area contributed by atoms with E-state index in [1.165, 1.54) is 0 Å². The Bertz CT molecular complexity index is 1330. The van der Waals surface area contributed by atoms with Crippen LogP contribution in [0.2, 0.25) is 0 Å². The van der Waals surface area contributed by atoms with Crippen molar-refractivity contribution in [3.63, 3.8) is 0 Å². The number of aryl methyl sites for hydroxylation is 2. The molecule has 3 nitrogen and oxygen atoms in total. The Morgan fingerprint density at radius 2 is 1.32 bits per heavy atom. The number of fused-ring (bicyclic) bond motifs is 1. The first kappa shape index (κ1) is 22.1. The summed E-state index contributed by atoms with van der Waals surface area (Å²) in [7, 11) is 0. The van der Waals surface area contributed by atoms with Gasteiger partial charge in [-0.05, 0) is 48.2 Å². The lowest BCUT2D eigenvalue weighted by Crippen LogP contribution is -2.29. The van der Waals surface area contributed by atoms with E-state index in [1.54, 1.807) is 11.3 Å². The molecule has 0 aliphatic rings. The van der Waals surface area contributed by atoms with Crippen molar-refractivity contribution in [1.29, 1.82) is 0 Å². The molecule has 1 heterocycles. The summed E-state index contributed by atoms with van der Waals surface area (Å²) >= 11 is 1.56. The summed E-state index contributed by atoms with van der Waals surface area (Å²) in [4.78, 5) is 20.9. The van der Waals surface area contributed by atoms with Crippen molar-refractivity contribution >= 4 is 38.3 Å². The number of amides is 1. The zero-order valence-corrected chi connectivity index (χ0v) is 20.1. The molecule has 5 rings (SSSR count). The molecule has 4 heteroatoms. The molecule has 0 radical (unpaired) electrons. The van der Waals surface area contributed by atoms with Crippen LogP contribution in [-0.4, -0.2) is 10.9 Å². The lowest BCUT2D eigenvalue weighted by Gasteiger charge is -2.26. The summed E-state index contributed by atoms with van der Waals surface area (Å²) in [6, 6.07) is 34.8. The largest absolute Gasteiger partial charge is 0.274 e. The predicted octanol–water partition coefficient (Wildman–Crippen LogP) is 7.80. The van der Waals surface area contributed by atoms with Gasteiger partial charge in [0.05, 0.1) is 15.9 Å². The molecule has 0 unspecified atom stereocenters. The summed E-state index contributed by atoms with van der Waals surface area (Å²) in [5.74, 6) is -0.00901. The van der Waals surface area contributed by atoms with Gasteiger partial charge in [-0.2, -0.15) is 0 Å². The van der Waals surface area contributed by atoms with Crippen molar-refractivity contribution in [2.45, 2.75) is 26.2 Å². The number of hydrogen-bond donors (Lipinski definition) is 0. The second-order valence-corrected chi connectivity index (χ2v) is 9.52. The number of aromatic nitrogens is 1. The van der Waals surface area contributed by atoms with Crippen LogP contribution in [0.4, 0.5) is 10.8 Å². The van der Waals surface area contributed by atoms with E-state index < -0.39 is 0 Å². The molecule has 0 saturated heterocycles. The van der Waals surface area contributed by atoms with Gasteiger partial charge in [0.25, 0.3) is 0 Å². The SMILES string of the molecule is Cc1cccc(C)c1N(C(=O)CC(c1ccccc1)c1ccccc1)c1nc2ccccc2s1.